The first-order valence-electron chi connectivity index (χ1n) is 7.35. The molecule has 1 aromatic heterocycles. The van der Waals surface area contributed by atoms with Crippen LogP contribution >= 0.6 is 0 Å². The van der Waals surface area contributed by atoms with Gasteiger partial charge in [0.05, 0.1) is 10.6 Å². The second kappa shape index (κ2) is 6.74. The Labute approximate surface area is 147 Å². The van der Waals surface area contributed by atoms with Gasteiger partial charge >= 0.3 is 5.69 Å². The fourth-order valence-electron chi connectivity index (χ4n) is 2.37. The second-order valence-corrected chi connectivity index (χ2v) is 5.13. The molecule has 128 valence electrons. The van der Waals surface area contributed by atoms with Crippen LogP contribution in [-0.2, 0) is 0 Å². The highest BCUT2D eigenvalue weighted by Crippen LogP contribution is 2.38. The van der Waals surface area contributed by atoms with Crippen molar-refractivity contribution >= 4 is 17.5 Å². The molecule has 4 N–H and O–H groups in total. The van der Waals surface area contributed by atoms with E-state index in [1.54, 1.807) is 30.3 Å². The van der Waals surface area contributed by atoms with Gasteiger partial charge in [0.15, 0.2) is 0 Å². The first-order chi connectivity index (χ1) is 12.5. The predicted molar refractivity (Wildman–Crippen MR) is 94.2 cm³/mol. The molecule has 0 bridgehead atoms. The Kier molecular flexibility index (Phi) is 4.32. The fourth-order valence-corrected chi connectivity index (χ4v) is 2.37. The summed E-state index contributed by atoms with van der Waals surface area (Å²) in [6.45, 7) is 0. The molecule has 9 heteroatoms. The topological polar surface area (TPSA) is 154 Å². The van der Waals surface area contributed by atoms with Crippen molar-refractivity contribution in [2.24, 2.45) is 0 Å². The number of nitro groups is 1. The highest BCUT2D eigenvalue weighted by atomic mass is 16.6. The minimum absolute atomic E-state index is 0.0396. The van der Waals surface area contributed by atoms with E-state index < -0.39 is 4.92 Å². The molecule has 0 aliphatic heterocycles. The van der Waals surface area contributed by atoms with Crippen LogP contribution in [0, 0.1) is 21.4 Å². The first-order valence-corrected chi connectivity index (χ1v) is 7.35. The zero-order chi connectivity index (χ0) is 18.7. The number of nitro benzene ring substituents is 1. The van der Waals surface area contributed by atoms with Crippen LogP contribution in [0.2, 0.25) is 0 Å². The molecule has 0 saturated heterocycles. The molecule has 3 aromatic rings. The van der Waals surface area contributed by atoms with E-state index in [9.17, 15) is 15.4 Å². The minimum Gasteiger partial charge on any atom is -0.449 e. The highest BCUT2D eigenvalue weighted by Gasteiger charge is 2.20. The van der Waals surface area contributed by atoms with Crippen LogP contribution in [0.4, 0.5) is 17.5 Å². The van der Waals surface area contributed by atoms with Gasteiger partial charge in [0.1, 0.15) is 23.2 Å². The number of anilines is 2. The number of ether oxygens (including phenoxy) is 1. The monoisotopic (exact) mass is 348 g/mol. The molecular weight excluding hydrogens is 336 g/mol. The molecular formula is C17H12N6O3. The Hall–Kier alpha value is -4.19. The molecule has 1 heterocycles. The Morgan fingerprint density at radius 3 is 2.38 bits per heavy atom. The average Bonchev–Trinajstić information content (AvgIpc) is 2.62. The maximum absolute atomic E-state index is 11.2. The lowest BCUT2D eigenvalue weighted by Crippen LogP contribution is -2.05. The summed E-state index contributed by atoms with van der Waals surface area (Å²) in [7, 11) is 0. The van der Waals surface area contributed by atoms with Gasteiger partial charge in [-0.05, 0) is 18.2 Å². The molecule has 3 rings (SSSR count). The number of hydrogen-bond donors (Lipinski definition) is 2. The molecule has 0 radical (unpaired) electrons. The lowest BCUT2D eigenvalue weighted by molar-refractivity contribution is -0.385. The van der Waals surface area contributed by atoms with E-state index in [2.05, 4.69) is 9.97 Å². The third kappa shape index (κ3) is 3.07. The summed E-state index contributed by atoms with van der Waals surface area (Å²) in [5.74, 6) is 0.154. The average molecular weight is 348 g/mol. The Morgan fingerprint density at radius 2 is 1.69 bits per heavy atom. The number of nitrogen functional groups attached to an aromatic ring is 2. The van der Waals surface area contributed by atoms with E-state index in [-0.39, 0.29) is 40.2 Å². The summed E-state index contributed by atoms with van der Waals surface area (Å²) in [5, 5.41) is 20.6. The van der Waals surface area contributed by atoms with Crippen LogP contribution in [0.3, 0.4) is 0 Å². The second-order valence-electron chi connectivity index (χ2n) is 5.13. The Balaban J connectivity index is 2.15. The van der Waals surface area contributed by atoms with E-state index in [4.69, 9.17) is 16.2 Å². The molecule has 0 saturated carbocycles. The van der Waals surface area contributed by atoms with Crippen LogP contribution in [0.1, 0.15) is 5.56 Å². The lowest BCUT2D eigenvalue weighted by atomic mass is 10.1. The van der Waals surface area contributed by atoms with Gasteiger partial charge in [-0.1, -0.05) is 24.3 Å². The van der Waals surface area contributed by atoms with Crippen LogP contribution < -0.4 is 16.2 Å². The van der Waals surface area contributed by atoms with Gasteiger partial charge in [0.2, 0.25) is 11.7 Å². The molecule has 9 nitrogen and oxygen atoms in total. The van der Waals surface area contributed by atoms with Crippen molar-refractivity contribution in [1.82, 2.24) is 9.97 Å². The number of rotatable bonds is 4. The SMILES string of the molecule is N#Cc1c(N)nc(N)nc1-c1ccccc1Oc1ccccc1[N+](=O)[O-]. The minimum atomic E-state index is -0.542. The van der Waals surface area contributed by atoms with E-state index in [0.29, 0.717) is 5.56 Å². The number of hydrogen-bond acceptors (Lipinski definition) is 8. The lowest BCUT2D eigenvalue weighted by Gasteiger charge is -2.12. The van der Waals surface area contributed by atoms with Gasteiger partial charge in [-0.2, -0.15) is 10.2 Å². The number of benzene rings is 2. The van der Waals surface area contributed by atoms with Crippen LogP contribution in [0.15, 0.2) is 48.5 Å². The molecule has 0 atom stereocenters. The van der Waals surface area contributed by atoms with Gasteiger partial charge < -0.3 is 16.2 Å². The standard InChI is InChI=1S/C17H12N6O3/c18-9-11-15(21-17(20)22-16(11)19)10-5-1-3-7-13(10)26-14-8-4-2-6-12(14)23(24)25/h1-8H,(H4,19,20,21,22). The van der Waals surface area contributed by atoms with Gasteiger partial charge in [0, 0.05) is 11.6 Å². The van der Waals surface area contributed by atoms with Crippen molar-refractivity contribution in [3.05, 3.63) is 64.2 Å². The number of para-hydroxylation sites is 3. The van der Waals surface area contributed by atoms with Crippen molar-refractivity contribution in [3.8, 4) is 28.8 Å². The number of nitrogens with two attached hydrogens (primary N) is 2. The summed E-state index contributed by atoms with van der Waals surface area (Å²) in [6.07, 6.45) is 0. The summed E-state index contributed by atoms with van der Waals surface area (Å²) < 4.78 is 5.74. The zero-order valence-corrected chi connectivity index (χ0v) is 13.3. The van der Waals surface area contributed by atoms with Crippen molar-refractivity contribution in [3.63, 3.8) is 0 Å². The molecule has 0 spiro atoms. The molecule has 0 aliphatic rings. The smallest absolute Gasteiger partial charge is 0.311 e. The molecule has 0 fully saturated rings. The fraction of sp³-hybridized carbons (Fsp3) is 0. The predicted octanol–water partition coefficient (Wildman–Crippen LogP) is 2.88. The molecule has 0 aliphatic carbocycles. The van der Waals surface area contributed by atoms with Crippen LogP contribution in [0.25, 0.3) is 11.3 Å². The van der Waals surface area contributed by atoms with Gasteiger partial charge in [-0.15, -0.1) is 0 Å². The first kappa shape index (κ1) is 16.7. The maximum Gasteiger partial charge on any atom is 0.311 e. The van der Waals surface area contributed by atoms with Crippen molar-refractivity contribution < 1.29 is 9.66 Å². The summed E-state index contributed by atoms with van der Waals surface area (Å²) in [4.78, 5) is 18.5. The number of aromatic nitrogens is 2. The van der Waals surface area contributed by atoms with Gasteiger partial charge in [0.25, 0.3) is 0 Å². The largest absolute Gasteiger partial charge is 0.449 e. The molecule has 0 unspecified atom stereocenters. The Morgan fingerprint density at radius 1 is 1.04 bits per heavy atom. The summed E-state index contributed by atoms with van der Waals surface area (Å²) in [6, 6.07) is 14.5. The van der Waals surface area contributed by atoms with Gasteiger partial charge in [-0.25, -0.2) is 4.98 Å². The third-order valence-electron chi connectivity index (χ3n) is 3.49. The van der Waals surface area contributed by atoms with Crippen LogP contribution in [0.5, 0.6) is 11.5 Å². The quantitative estimate of drug-likeness (QED) is 0.538. The van der Waals surface area contributed by atoms with E-state index in [0.717, 1.165) is 0 Å². The van der Waals surface area contributed by atoms with Crippen molar-refractivity contribution in [1.29, 1.82) is 5.26 Å². The molecule has 0 amide bonds. The van der Waals surface area contributed by atoms with E-state index in [1.165, 1.54) is 18.2 Å². The summed E-state index contributed by atoms with van der Waals surface area (Å²) >= 11 is 0. The zero-order valence-electron chi connectivity index (χ0n) is 13.3. The van der Waals surface area contributed by atoms with Crippen LogP contribution in [-0.4, -0.2) is 14.9 Å². The third-order valence-corrected chi connectivity index (χ3v) is 3.49. The van der Waals surface area contributed by atoms with Crippen molar-refractivity contribution in [2.75, 3.05) is 11.5 Å². The normalized spacial score (nSPS) is 10.1. The Bertz CT molecular complexity index is 1040. The number of nitrogens with zero attached hydrogens (tertiary/aromatic N) is 4. The maximum atomic E-state index is 11.2. The van der Waals surface area contributed by atoms with Gasteiger partial charge in [-0.3, -0.25) is 10.1 Å². The van der Waals surface area contributed by atoms with E-state index in [1.807, 2.05) is 6.07 Å². The highest BCUT2D eigenvalue weighted by molar-refractivity contribution is 5.77. The van der Waals surface area contributed by atoms with Crippen molar-refractivity contribution in [2.45, 2.75) is 0 Å². The van der Waals surface area contributed by atoms with E-state index >= 15 is 0 Å². The summed E-state index contributed by atoms with van der Waals surface area (Å²) in [5.41, 5.74) is 11.8. The number of nitriles is 1. The molecule has 2 aromatic carbocycles. The molecule has 26 heavy (non-hydrogen) atoms.